The lowest BCUT2D eigenvalue weighted by Crippen LogP contribution is -2.22. The predicted molar refractivity (Wildman–Crippen MR) is 124 cm³/mol. The van der Waals surface area contributed by atoms with Crippen molar-refractivity contribution in [2.75, 3.05) is 32.7 Å². The van der Waals surface area contributed by atoms with Gasteiger partial charge in [0.25, 0.3) is 5.56 Å². The van der Waals surface area contributed by atoms with Gasteiger partial charge in [0, 0.05) is 42.3 Å². The summed E-state index contributed by atoms with van der Waals surface area (Å²) < 4.78 is 12.4. The number of hydrogen-bond donors (Lipinski definition) is 0. The molecule has 3 rings (SSSR count). The molecule has 0 saturated carbocycles. The number of fused-ring (bicyclic) bond motifs is 1. The lowest BCUT2D eigenvalue weighted by atomic mass is 10.2. The molecule has 3 aromatic rings. The summed E-state index contributed by atoms with van der Waals surface area (Å²) in [6.45, 7) is 1.68. The van der Waals surface area contributed by atoms with E-state index in [1.54, 1.807) is 18.2 Å². The summed E-state index contributed by atoms with van der Waals surface area (Å²) >= 11 is 3.39. The van der Waals surface area contributed by atoms with Crippen molar-refractivity contribution < 1.29 is 14.3 Å². The molecule has 0 aliphatic heterocycles. The highest BCUT2D eigenvalue weighted by Gasteiger charge is 2.12. The topological polar surface area (TPSA) is 86.0 Å². The molecule has 1 aromatic heterocycles. The van der Waals surface area contributed by atoms with Gasteiger partial charge >= 0.3 is 5.97 Å². The lowest BCUT2D eigenvalue weighted by molar-refractivity contribution is -0.142. The number of hydrogen-bond acceptors (Lipinski definition) is 7. The molecule has 0 N–H and O–H groups in total. The van der Waals surface area contributed by atoms with Gasteiger partial charge in [-0.1, -0.05) is 22.9 Å². The Balaban J connectivity index is 2.06. The number of carbonyl (C=O) groups is 1. The maximum atomic E-state index is 13.1. The van der Waals surface area contributed by atoms with Crippen molar-refractivity contribution in [3.05, 3.63) is 62.6 Å². The Morgan fingerprint density at radius 2 is 2.03 bits per heavy atom. The number of anilines is 1. The Kier molecular flexibility index (Phi) is 7.06. The van der Waals surface area contributed by atoms with E-state index in [0.29, 0.717) is 34.5 Å². The Morgan fingerprint density at radius 3 is 2.71 bits per heavy atom. The molecule has 0 aliphatic carbocycles. The summed E-state index contributed by atoms with van der Waals surface area (Å²) in [7, 11) is 5.10. The summed E-state index contributed by atoms with van der Waals surface area (Å²) in [6, 6.07) is 10.9. The smallest absolute Gasteiger partial charge is 0.343 e. The molecule has 1 heterocycles. The van der Waals surface area contributed by atoms with Gasteiger partial charge in [0.15, 0.2) is 6.61 Å². The first-order valence-electron chi connectivity index (χ1n) is 9.60. The standard InChI is InChI=1S/C22H23BrN4O4/c1-5-20-25-18-9-7-15(23)10-17(18)22(29)27(20)24-12-14-6-8-16(26(2)3)11-19(14)31-13-21(28)30-4/h6-12H,5,13H2,1-4H3. The second-order valence-electron chi connectivity index (χ2n) is 6.89. The summed E-state index contributed by atoms with van der Waals surface area (Å²) in [5, 5.41) is 4.87. The van der Waals surface area contributed by atoms with E-state index in [0.717, 1.165) is 10.2 Å². The number of halogens is 1. The minimum absolute atomic E-state index is 0.236. The molecule has 0 bridgehead atoms. The van der Waals surface area contributed by atoms with Gasteiger partial charge in [0.1, 0.15) is 11.6 Å². The summed E-state index contributed by atoms with van der Waals surface area (Å²) in [5.41, 5.74) is 1.86. The number of aromatic nitrogens is 2. The van der Waals surface area contributed by atoms with Gasteiger partial charge in [0.2, 0.25) is 0 Å². The van der Waals surface area contributed by atoms with Crippen molar-refractivity contribution in [3.63, 3.8) is 0 Å². The van der Waals surface area contributed by atoms with E-state index in [1.165, 1.54) is 18.0 Å². The van der Waals surface area contributed by atoms with Gasteiger partial charge in [-0.05, 0) is 30.3 Å². The van der Waals surface area contributed by atoms with Crippen molar-refractivity contribution in [3.8, 4) is 5.75 Å². The number of ether oxygens (including phenoxy) is 2. The van der Waals surface area contributed by atoms with E-state index in [9.17, 15) is 9.59 Å². The molecule has 0 radical (unpaired) electrons. The maximum Gasteiger partial charge on any atom is 0.343 e. The van der Waals surface area contributed by atoms with Crippen LogP contribution in [0.2, 0.25) is 0 Å². The SMILES string of the molecule is CCc1nc2ccc(Br)cc2c(=O)n1N=Cc1ccc(N(C)C)cc1OCC(=O)OC. The first-order chi connectivity index (χ1) is 14.8. The number of nitrogens with zero attached hydrogens (tertiary/aromatic N) is 4. The normalized spacial score (nSPS) is 11.1. The Hall–Kier alpha value is -3.20. The van der Waals surface area contributed by atoms with Crippen LogP contribution >= 0.6 is 15.9 Å². The van der Waals surface area contributed by atoms with E-state index in [-0.39, 0.29) is 12.2 Å². The van der Waals surface area contributed by atoms with E-state index in [1.807, 2.05) is 44.1 Å². The molecule has 0 aliphatic rings. The number of benzene rings is 2. The van der Waals surface area contributed by atoms with Crippen LogP contribution in [0.1, 0.15) is 18.3 Å². The molecule has 2 aromatic carbocycles. The van der Waals surface area contributed by atoms with Crippen LogP contribution in [0.3, 0.4) is 0 Å². The van der Waals surface area contributed by atoms with E-state index in [2.05, 4.69) is 30.8 Å². The third-order valence-electron chi connectivity index (χ3n) is 4.59. The molecule has 31 heavy (non-hydrogen) atoms. The summed E-state index contributed by atoms with van der Waals surface area (Å²) in [5.74, 6) is 0.493. The Morgan fingerprint density at radius 1 is 1.26 bits per heavy atom. The van der Waals surface area contributed by atoms with Crippen LogP contribution in [0.5, 0.6) is 5.75 Å². The van der Waals surface area contributed by atoms with Crippen molar-refractivity contribution >= 4 is 44.7 Å². The van der Waals surface area contributed by atoms with Crippen molar-refractivity contribution in [1.29, 1.82) is 0 Å². The highest BCUT2D eigenvalue weighted by molar-refractivity contribution is 9.10. The fourth-order valence-electron chi connectivity index (χ4n) is 2.89. The first kappa shape index (κ1) is 22.5. The van der Waals surface area contributed by atoms with Gasteiger partial charge in [-0.3, -0.25) is 4.79 Å². The number of esters is 1. The average Bonchev–Trinajstić information content (AvgIpc) is 2.77. The van der Waals surface area contributed by atoms with Gasteiger partial charge in [-0.25, -0.2) is 9.78 Å². The number of methoxy groups -OCH3 is 1. The molecule has 162 valence electrons. The number of rotatable bonds is 7. The zero-order chi connectivity index (χ0) is 22.5. The summed E-state index contributed by atoms with van der Waals surface area (Å²) in [6.07, 6.45) is 2.06. The Bertz CT molecular complexity index is 1200. The van der Waals surface area contributed by atoms with Crippen LogP contribution in [-0.4, -0.2) is 49.7 Å². The predicted octanol–water partition coefficient (Wildman–Crippen LogP) is 3.22. The van der Waals surface area contributed by atoms with Gasteiger partial charge < -0.3 is 14.4 Å². The van der Waals surface area contributed by atoms with E-state index in [4.69, 9.17) is 4.74 Å². The fraction of sp³-hybridized carbons (Fsp3) is 0.273. The van der Waals surface area contributed by atoms with Crippen LogP contribution in [-0.2, 0) is 16.0 Å². The van der Waals surface area contributed by atoms with Crippen LogP contribution in [0.25, 0.3) is 10.9 Å². The monoisotopic (exact) mass is 486 g/mol. The highest BCUT2D eigenvalue weighted by atomic mass is 79.9. The molecular weight excluding hydrogens is 464 g/mol. The molecule has 0 spiro atoms. The molecular formula is C22H23BrN4O4. The Labute approximate surface area is 188 Å². The third kappa shape index (κ3) is 5.11. The molecule has 0 saturated heterocycles. The van der Waals surface area contributed by atoms with Gasteiger partial charge in [-0.15, -0.1) is 0 Å². The highest BCUT2D eigenvalue weighted by Crippen LogP contribution is 2.24. The van der Waals surface area contributed by atoms with E-state index >= 15 is 0 Å². The molecule has 9 heteroatoms. The second kappa shape index (κ2) is 9.74. The maximum absolute atomic E-state index is 13.1. The number of aryl methyl sites for hydroxylation is 1. The molecule has 0 unspecified atom stereocenters. The third-order valence-corrected chi connectivity index (χ3v) is 5.08. The fourth-order valence-corrected chi connectivity index (χ4v) is 3.25. The lowest BCUT2D eigenvalue weighted by Gasteiger charge is -2.15. The molecule has 0 atom stereocenters. The number of carbonyl (C=O) groups excluding carboxylic acids is 1. The van der Waals surface area contributed by atoms with Gasteiger partial charge in [-0.2, -0.15) is 9.78 Å². The van der Waals surface area contributed by atoms with Crippen LogP contribution in [0, 0.1) is 0 Å². The minimum atomic E-state index is -0.494. The zero-order valence-corrected chi connectivity index (χ0v) is 19.3. The first-order valence-corrected chi connectivity index (χ1v) is 10.4. The summed E-state index contributed by atoms with van der Waals surface area (Å²) in [4.78, 5) is 31.1. The van der Waals surface area contributed by atoms with Crippen molar-refractivity contribution in [2.24, 2.45) is 5.10 Å². The largest absolute Gasteiger partial charge is 0.481 e. The van der Waals surface area contributed by atoms with E-state index < -0.39 is 5.97 Å². The van der Waals surface area contributed by atoms with Crippen LogP contribution in [0.4, 0.5) is 5.69 Å². The molecule has 8 nitrogen and oxygen atoms in total. The minimum Gasteiger partial charge on any atom is -0.481 e. The zero-order valence-electron chi connectivity index (χ0n) is 17.8. The average molecular weight is 487 g/mol. The molecule has 0 fully saturated rings. The van der Waals surface area contributed by atoms with Crippen LogP contribution < -0.4 is 15.2 Å². The van der Waals surface area contributed by atoms with Crippen molar-refractivity contribution in [2.45, 2.75) is 13.3 Å². The van der Waals surface area contributed by atoms with Gasteiger partial charge in [0.05, 0.1) is 24.2 Å². The van der Waals surface area contributed by atoms with Crippen molar-refractivity contribution in [1.82, 2.24) is 9.66 Å². The quantitative estimate of drug-likeness (QED) is 0.376. The molecule has 0 amide bonds. The second-order valence-corrected chi connectivity index (χ2v) is 7.80. The van der Waals surface area contributed by atoms with Crippen LogP contribution in [0.15, 0.2) is 50.8 Å².